The number of aryl methyl sites for hydroxylation is 1. The number of rotatable bonds is 4. The Morgan fingerprint density at radius 1 is 1.26 bits per heavy atom. The van der Waals surface area contributed by atoms with E-state index >= 15 is 0 Å². The van der Waals surface area contributed by atoms with Crippen molar-refractivity contribution in [1.82, 2.24) is 4.98 Å². The Bertz CT molecular complexity index is 570. The fourth-order valence-electron chi connectivity index (χ4n) is 2.21. The van der Waals surface area contributed by atoms with Gasteiger partial charge in [0.15, 0.2) is 0 Å². The first kappa shape index (κ1) is 13.7. The molecule has 3 nitrogen and oxygen atoms in total. The lowest BCUT2D eigenvalue weighted by atomic mass is 9.99. The maximum absolute atomic E-state index is 9.30. The Hall–Kier alpha value is -1.74. The van der Waals surface area contributed by atoms with Crippen molar-refractivity contribution in [3.63, 3.8) is 0 Å². The zero-order valence-corrected chi connectivity index (χ0v) is 11.9. The highest BCUT2D eigenvalue weighted by atomic mass is 16.5. The number of ether oxygens (including phenoxy) is 1. The third-order valence-corrected chi connectivity index (χ3v) is 3.47. The summed E-state index contributed by atoms with van der Waals surface area (Å²) in [6.45, 7) is 6.36. The van der Waals surface area contributed by atoms with E-state index in [1.54, 1.807) is 7.11 Å². The quantitative estimate of drug-likeness (QED) is 0.881. The van der Waals surface area contributed by atoms with Crippen LogP contribution in [0.3, 0.4) is 0 Å². The number of hydrogen-bond acceptors (Lipinski definition) is 2. The van der Waals surface area contributed by atoms with Crippen LogP contribution in [0, 0.1) is 6.92 Å². The van der Waals surface area contributed by atoms with Crippen molar-refractivity contribution in [3.8, 4) is 17.0 Å². The lowest BCUT2D eigenvalue weighted by molar-refractivity contribution is 0.281. The van der Waals surface area contributed by atoms with E-state index in [0.717, 1.165) is 28.3 Å². The predicted molar refractivity (Wildman–Crippen MR) is 77.5 cm³/mol. The maximum atomic E-state index is 9.30. The lowest BCUT2D eigenvalue weighted by Gasteiger charge is -2.11. The summed E-state index contributed by atoms with van der Waals surface area (Å²) in [6, 6.07) is 8.22. The average Bonchev–Trinajstić information content (AvgIpc) is 2.79. The van der Waals surface area contributed by atoms with Crippen molar-refractivity contribution < 1.29 is 9.84 Å². The Balaban J connectivity index is 2.54. The second-order valence-electron chi connectivity index (χ2n) is 5.11. The van der Waals surface area contributed by atoms with Crippen LogP contribution < -0.4 is 4.74 Å². The Kier molecular flexibility index (Phi) is 3.96. The normalized spacial score (nSPS) is 11.1. The van der Waals surface area contributed by atoms with Crippen molar-refractivity contribution in [2.75, 3.05) is 7.11 Å². The van der Waals surface area contributed by atoms with Crippen LogP contribution in [0.4, 0.5) is 0 Å². The molecule has 1 aromatic heterocycles. The molecule has 0 saturated heterocycles. The van der Waals surface area contributed by atoms with Gasteiger partial charge < -0.3 is 14.8 Å². The SMILES string of the molecule is COc1ccc(C(C)C)cc1-c1cc(CO)c(C)[nH]1. The zero-order chi connectivity index (χ0) is 14.0. The zero-order valence-electron chi connectivity index (χ0n) is 11.9. The smallest absolute Gasteiger partial charge is 0.128 e. The number of nitrogens with one attached hydrogen (secondary N) is 1. The standard InChI is InChI=1S/C16H21NO2/c1-10(2)12-5-6-16(19-4)14(7-12)15-8-13(9-18)11(3)17-15/h5-8,10,17-18H,9H2,1-4H3. The molecule has 2 aromatic rings. The van der Waals surface area contributed by atoms with Gasteiger partial charge in [-0.15, -0.1) is 0 Å². The summed E-state index contributed by atoms with van der Waals surface area (Å²) in [6.07, 6.45) is 0. The molecule has 0 saturated carbocycles. The van der Waals surface area contributed by atoms with Gasteiger partial charge in [-0.25, -0.2) is 0 Å². The van der Waals surface area contributed by atoms with E-state index in [0.29, 0.717) is 5.92 Å². The molecule has 0 fully saturated rings. The minimum Gasteiger partial charge on any atom is -0.496 e. The summed E-state index contributed by atoms with van der Waals surface area (Å²) in [4.78, 5) is 3.31. The molecule has 0 aliphatic carbocycles. The molecule has 1 aromatic carbocycles. The monoisotopic (exact) mass is 259 g/mol. The molecular weight excluding hydrogens is 238 g/mol. The highest BCUT2D eigenvalue weighted by molar-refractivity contribution is 5.69. The second kappa shape index (κ2) is 5.49. The van der Waals surface area contributed by atoms with Crippen LogP contribution in [0.25, 0.3) is 11.3 Å². The summed E-state index contributed by atoms with van der Waals surface area (Å²) in [5.41, 5.74) is 5.22. The molecule has 0 aliphatic heterocycles. The number of methoxy groups -OCH3 is 1. The molecule has 102 valence electrons. The van der Waals surface area contributed by atoms with Gasteiger partial charge in [-0.1, -0.05) is 19.9 Å². The van der Waals surface area contributed by atoms with Crippen LogP contribution in [0.5, 0.6) is 5.75 Å². The second-order valence-corrected chi connectivity index (χ2v) is 5.11. The van der Waals surface area contributed by atoms with Gasteiger partial charge in [0.2, 0.25) is 0 Å². The molecule has 2 rings (SSSR count). The minimum absolute atomic E-state index is 0.0501. The fourth-order valence-corrected chi connectivity index (χ4v) is 2.21. The third kappa shape index (κ3) is 2.66. The lowest BCUT2D eigenvalue weighted by Crippen LogP contribution is -1.93. The van der Waals surface area contributed by atoms with Crippen LogP contribution in [-0.2, 0) is 6.61 Å². The van der Waals surface area contributed by atoms with E-state index in [-0.39, 0.29) is 6.61 Å². The van der Waals surface area contributed by atoms with Crippen LogP contribution in [-0.4, -0.2) is 17.2 Å². The van der Waals surface area contributed by atoms with Gasteiger partial charge in [0.05, 0.1) is 13.7 Å². The van der Waals surface area contributed by atoms with E-state index in [9.17, 15) is 5.11 Å². The number of hydrogen-bond donors (Lipinski definition) is 2. The molecule has 0 spiro atoms. The van der Waals surface area contributed by atoms with E-state index < -0.39 is 0 Å². The van der Waals surface area contributed by atoms with E-state index in [2.05, 4.69) is 31.0 Å². The Morgan fingerprint density at radius 3 is 2.53 bits per heavy atom. The molecular formula is C16H21NO2. The van der Waals surface area contributed by atoms with Gasteiger partial charge in [-0.3, -0.25) is 0 Å². The Labute approximate surface area is 114 Å². The van der Waals surface area contributed by atoms with Crippen molar-refractivity contribution in [1.29, 1.82) is 0 Å². The molecule has 2 N–H and O–H groups in total. The first-order valence-electron chi connectivity index (χ1n) is 6.54. The summed E-state index contributed by atoms with van der Waals surface area (Å²) in [5.74, 6) is 1.31. The highest BCUT2D eigenvalue weighted by Crippen LogP contribution is 2.33. The summed E-state index contributed by atoms with van der Waals surface area (Å²) in [5, 5.41) is 9.30. The minimum atomic E-state index is 0.0501. The maximum Gasteiger partial charge on any atom is 0.128 e. The molecule has 0 unspecified atom stereocenters. The number of H-pyrrole nitrogens is 1. The number of aliphatic hydroxyl groups excluding tert-OH is 1. The summed E-state index contributed by atoms with van der Waals surface area (Å²) < 4.78 is 5.43. The first-order chi connectivity index (χ1) is 9.06. The largest absolute Gasteiger partial charge is 0.496 e. The predicted octanol–water partition coefficient (Wildman–Crippen LogP) is 3.61. The van der Waals surface area contributed by atoms with Crippen molar-refractivity contribution >= 4 is 0 Å². The van der Waals surface area contributed by atoms with Crippen LogP contribution in [0.2, 0.25) is 0 Å². The topological polar surface area (TPSA) is 45.2 Å². The van der Waals surface area contributed by atoms with Crippen molar-refractivity contribution in [2.24, 2.45) is 0 Å². The molecule has 3 heteroatoms. The third-order valence-electron chi connectivity index (χ3n) is 3.47. The molecule has 1 heterocycles. The summed E-state index contributed by atoms with van der Waals surface area (Å²) in [7, 11) is 1.68. The van der Waals surface area contributed by atoms with Gasteiger partial charge >= 0.3 is 0 Å². The van der Waals surface area contributed by atoms with Gasteiger partial charge in [0.1, 0.15) is 5.75 Å². The van der Waals surface area contributed by atoms with E-state index in [1.165, 1.54) is 5.56 Å². The molecule has 0 bridgehead atoms. The average molecular weight is 259 g/mol. The number of benzene rings is 1. The van der Waals surface area contributed by atoms with Crippen molar-refractivity contribution in [3.05, 3.63) is 41.1 Å². The van der Waals surface area contributed by atoms with Gasteiger partial charge in [-0.05, 0) is 42.2 Å². The Morgan fingerprint density at radius 2 is 2.00 bits per heavy atom. The summed E-state index contributed by atoms with van der Waals surface area (Å²) >= 11 is 0. The van der Waals surface area contributed by atoms with Gasteiger partial charge in [0.25, 0.3) is 0 Å². The molecule has 19 heavy (non-hydrogen) atoms. The molecule has 0 atom stereocenters. The van der Waals surface area contributed by atoms with Gasteiger partial charge in [-0.2, -0.15) is 0 Å². The van der Waals surface area contributed by atoms with E-state index in [4.69, 9.17) is 4.74 Å². The number of aromatic amines is 1. The van der Waals surface area contributed by atoms with Crippen LogP contribution >= 0.6 is 0 Å². The fraction of sp³-hybridized carbons (Fsp3) is 0.375. The molecule has 0 amide bonds. The number of aromatic nitrogens is 1. The highest BCUT2D eigenvalue weighted by Gasteiger charge is 2.12. The number of aliphatic hydroxyl groups is 1. The molecule has 0 radical (unpaired) electrons. The van der Waals surface area contributed by atoms with Gasteiger partial charge in [0, 0.05) is 17.0 Å². The van der Waals surface area contributed by atoms with Crippen molar-refractivity contribution in [2.45, 2.75) is 33.3 Å². The first-order valence-corrected chi connectivity index (χ1v) is 6.54. The van der Waals surface area contributed by atoms with E-state index in [1.807, 2.05) is 19.1 Å². The van der Waals surface area contributed by atoms with Crippen LogP contribution in [0.1, 0.15) is 36.6 Å². The van der Waals surface area contributed by atoms with Crippen LogP contribution in [0.15, 0.2) is 24.3 Å². The molecule has 0 aliphatic rings.